The maximum atomic E-state index is 12.1. The van der Waals surface area contributed by atoms with Crippen LogP contribution < -0.4 is 15.6 Å². The number of rotatable bonds is 3. The number of nitrogens with one attached hydrogen (secondary N) is 1. The van der Waals surface area contributed by atoms with Crippen LogP contribution in [0.4, 0.5) is 0 Å². The zero-order valence-electron chi connectivity index (χ0n) is 12.8. The maximum absolute atomic E-state index is 12.1. The van der Waals surface area contributed by atoms with Gasteiger partial charge in [-0.25, -0.2) is 27.1 Å². The number of nitrogens with two attached hydrogens (primary N) is 2. The smallest absolute Gasteiger partial charge is 0.254 e. The van der Waals surface area contributed by atoms with Gasteiger partial charge in [0.2, 0.25) is 20.0 Å². The molecule has 0 saturated heterocycles. The van der Waals surface area contributed by atoms with Crippen molar-refractivity contribution in [3.05, 3.63) is 58.1 Å². The highest BCUT2D eigenvalue weighted by Gasteiger charge is 2.44. The molecule has 2 aromatic carbocycles. The molecule has 1 unspecified atom stereocenters. The van der Waals surface area contributed by atoms with Crippen LogP contribution in [0.3, 0.4) is 0 Å². The van der Waals surface area contributed by atoms with Gasteiger partial charge in [0.05, 0.1) is 9.92 Å². The van der Waals surface area contributed by atoms with E-state index in [4.69, 9.17) is 21.9 Å². The van der Waals surface area contributed by atoms with Crippen LogP contribution in [0, 0.1) is 0 Å². The van der Waals surface area contributed by atoms with Gasteiger partial charge in [0.25, 0.3) is 5.91 Å². The number of primary sulfonamides is 2. The summed E-state index contributed by atoms with van der Waals surface area (Å²) >= 11 is 5.82. The Kier molecular flexibility index (Phi) is 4.14. The Balaban J connectivity index is 2.27. The van der Waals surface area contributed by atoms with E-state index in [1.807, 2.05) is 0 Å². The zero-order chi connectivity index (χ0) is 19.5. The number of sulfonamides is 2. The van der Waals surface area contributed by atoms with E-state index in [0.717, 1.165) is 18.2 Å². The van der Waals surface area contributed by atoms with E-state index in [2.05, 4.69) is 5.32 Å². The number of halogens is 1. The van der Waals surface area contributed by atoms with E-state index in [1.54, 1.807) is 0 Å². The summed E-state index contributed by atoms with van der Waals surface area (Å²) in [5.74, 6) is -0.685. The summed E-state index contributed by atoms with van der Waals surface area (Å²) in [7, 11) is -8.31. The topological polar surface area (TPSA) is 170 Å². The maximum Gasteiger partial charge on any atom is 0.254 e. The number of hydrogen-bond donors (Lipinski definition) is 4. The molecule has 1 amide bonds. The van der Waals surface area contributed by atoms with Crippen molar-refractivity contribution in [2.45, 2.75) is 15.5 Å². The van der Waals surface area contributed by atoms with Gasteiger partial charge in [-0.15, -0.1) is 0 Å². The molecule has 0 fully saturated rings. The molecular weight excluding hydrogens is 406 g/mol. The summed E-state index contributed by atoms with van der Waals surface area (Å²) in [6.07, 6.45) is 0. The van der Waals surface area contributed by atoms with E-state index in [-0.39, 0.29) is 26.6 Å². The summed E-state index contributed by atoms with van der Waals surface area (Å²) < 4.78 is 46.4. The third-order valence-corrected chi connectivity index (χ3v) is 6.21. The fourth-order valence-electron chi connectivity index (χ4n) is 2.67. The number of carbonyl (C=O) groups excluding carboxylic acids is 1. The van der Waals surface area contributed by atoms with Crippen LogP contribution in [0.15, 0.2) is 46.2 Å². The van der Waals surface area contributed by atoms with Crippen molar-refractivity contribution in [1.29, 1.82) is 0 Å². The molecule has 0 radical (unpaired) electrons. The highest BCUT2D eigenvalue weighted by atomic mass is 35.5. The Bertz CT molecular complexity index is 1160. The fourth-order valence-corrected chi connectivity index (χ4v) is 4.28. The minimum atomic E-state index is -4.21. The van der Waals surface area contributed by atoms with Gasteiger partial charge >= 0.3 is 0 Å². The van der Waals surface area contributed by atoms with Gasteiger partial charge in [-0.1, -0.05) is 17.7 Å². The first kappa shape index (κ1) is 18.8. The molecule has 0 aromatic heterocycles. The Morgan fingerprint density at radius 1 is 1.00 bits per heavy atom. The summed E-state index contributed by atoms with van der Waals surface area (Å²) in [5, 5.41) is 23.3. The number of carbonyl (C=O) groups is 1. The highest BCUT2D eigenvalue weighted by Crippen LogP contribution is 2.37. The van der Waals surface area contributed by atoms with Crippen LogP contribution in [0.25, 0.3) is 0 Å². The second-order valence-electron chi connectivity index (χ2n) is 5.61. The quantitative estimate of drug-likeness (QED) is 0.528. The molecular formula is C14H12ClN3O6S2. The van der Waals surface area contributed by atoms with E-state index in [0.29, 0.717) is 0 Å². The molecule has 3 rings (SSSR count). The molecule has 0 saturated carbocycles. The average Bonchev–Trinajstić information content (AvgIpc) is 2.77. The van der Waals surface area contributed by atoms with Crippen molar-refractivity contribution in [3.8, 4) is 0 Å². The number of hydrogen-bond acceptors (Lipinski definition) is 6. The predicted octanol–water partition coefficient (Wildman–Crippen LogP) is -0.428. The van der Waals surface area contributed by atoms with Gasteiger partial charge < -0.3 is 10.4 Å². The third-order valence-electron chi connectivity index (χ3n) is 3.90. The molecule has 0 spiro atoms. The van der Waals surface area contributed by atoms with E-state index in [9.17, 15) is 26.7 Å². The standard InChI is InChI=1S/C14H12ClN3O6S2/c15-11-4-1-7(5-12(11)26(17,23)24)14(20)10-6-8(25(16,21)22)2-3-9(10)13(19)18-14/h1-6,20H,(H,18,19)(H2,16,21,22)(H2,17,23,24). The van der Waals surface area contributed by atoms with Crippen molar-refractivity contribution in [3.63, 3.8) is 0 Å². The Morgan fingerprint density at radius 2 is 1.65 bits per heavy atom. The molecule has 1 aliphatic rings. The van der Waals surface area contributed by atoms with E-state index in [1.165, 1.54) is 18.2 Å². The van der Waals surface area contributed by atoms with Crippen molar-refractivity contribution in [1.82, 2.24) is 5.32 Å². The van der Waals surface area contributed by atoms with Crippen molar-refractivity contribution in [2.24, 2.45) is 10.3 Å². The number of amides is 1. The van der Waals surface area contributed by atoms with Crippen LogP contribution in [-0.2, 0) is 25.8 Å². The lowest BCUT2D eigenvalue weighted by Crippen LogP contribution is -2.40. The lowest BCUT2D eigenvalue weighted by atomic mass is 9.94. The molecule has 2 aromatic rings. The highest BCUT2D eigenvalue weighted by molar-refractivity contribution is 7.89. The third kappa shape index (κ3) is 2.98. The normalized spacial score (nSPS) is 19.9. The van der Waals surface area contributed by atoms with E-state index >= 15 is 0 Å². The molecule has 0 bridgehead atoms. The van der Waals surface area contributed by atoms with Crippen LogP contribution in [0.1, 0.15) is 21.5 Å². The Labute approximate surface area is 153 Å². The van der Waals surface area contributed by atoms with Gasteiger partial charge in [0.15, 0.2) is 5.72 Å². The van der Waals surface area contributed by atoms with Gasteiger partial charge in [0, 0.05) is 16.7 Å². The van der Waals surface area contributed by atoms with Crippen LogP contribution in [0.5, 0.6) is 0 Å². The zero-order valence-corrected chi connectivity index (χ0v) is 15.2. The van der Waals surface area contributed by atoms with E-state index < -0.39 is 36.6 Å². The molecule has 1 heterocycles. The number of benzene rings is 2. The van der Waals surface area contributed by atoms with Crippen molar-refractivity contribution < 1.29 is 26.7 Å². The predicted molar refractivity (Wildman–Crippen MR) is 91.1 cm³/mol. The molecule has 26 heavy (non-hydrogen) atoms. The molecule has 1 aliphatic heterocycles. The van der Waals surface area contributed by atoms with Gasteiger partial charge in [-0.05, 0) is 30.3 Å². The molecule has 12 heteroatoms. The summed E-state index contributed by atoms with van der Waals surface area (Å²) in [4.78, 5) is 11.4. The largest absolute Gasteiger partial charge is 0.363 e. The first-order valence-corrected chi connectivity index (χ1v) is 10.4. The molecule has 138 valence electrons. The second kappa shape index (κ2) is 5.74. The van der Waals surface area contributed by atoms with Crippen LogP contribution in [0.2, 0.25) is 5.02 Å². The lowest BCUT2D eigenvalue weighted by Gasteiger charge is -2.25. The van der Waals surface area contributed by atoms with Gasteiger partial charge in [-0.2, -0.15) is 0 Å². The van der Waals surface area contributed by atoms with Gasteiger partial charge in [-0.3, -0.25) is 4.79 Å². The Morgan fingerprint density at radius 3 is 2.23 bits per heavy atom. The van der Waals surface area contributed by atoms with Crippen molar-refractivity contribution in [2.75, 3.05) is 0 Å². The first-order valence-electron chi connectivity index (χ1n) is 6.89. The molecule has 1 atom stereocenters. The second-order valence-corrected chi connectivity index (χ2v) is 9.11. The minimum absolute atomic E-state index is 0.00649. The minimum Gasteiger partial charge on any atom is -0.363 e. The summed E-state index contributed by atoms with van der Waals surface area (Å²) in [6, 6.07) is 6.80. The number of fused-ring (bicyclic) bond motifs is 1. The number of aliphatic hydroxyl groups is 1. The van der Waals surface area contributed by atoms with Gasteiger partial charge in [0.1, 0.15) is 4.90 Å². The van der Waals surface area contributed by atoms with Crippen LogP contribution >= 0.6 is 11.6 Å². The first-order chi connectivity index (χ1) is 11.8. The molecule has 0 aliphatic carbocycles. The lowest BCUT2D eigenvalue weighted by molar-refractivity contribution is 0.0473. The van der Waals surface area contributed by atoms with Crippen LogP contribution in [-0.4, -0.2) is 27.8 Å². The SMILES string of the molecule is NS(=O)(=O)c1ccc2c(c1)C(O)(c1ccc(Cl)c(S(N)(=O)=O)c1)NC2=O. The monoisotopic (exact) mass is 417 g/mol. The Hall–Kier alpha value is -2.02. The summed E-state index contributed by atoms with van der Waals surface area (Å²) in [6.45, 7) is 0. The average molecular weight is 418 g/mol. The summed E-state index contributed by atoms with van der Waals surface area (Å²) in [5.41, 5.74) is -2.37. The fraction of sp³-hybridized carbons (Fsp3) is 0.0714. The van der Waals surface area contributed by atoms with Crippen molar-refractivity contribution >= 4 is 37.6 Å². The molecule has 9 nitrogen and oxygen atoms in total. The molecule has 6 N–H and O–H groups in total.